The number of carbonyl (C=O) groups is 2. The topological polar surface area (TPSA) is 86.8 Å². The molecule has 1 atom stereocenters. The normalized spacial score (nSPS) is 14.6. The van der Waals surface area contributed by atoms with Crippen LogP contribution in [0.1, 0.15) is 56.6 Å². The second-order valence-corrected chi connectivity index (χ2v) is 13.2. The molecule has 224 valence electrons. The number of nitrogens with one attached hydrogen (secondary N) is 1. The van der Waals surface area contributed by atoms with Crippen molar-refractivity contribution in [3.63, 3.8) is 0 Å². The zero-order chi connectivity index (χ0) is 30.1. The number of halogens is 1. The lowest BCUT2D eigenvalue weighted by atomic mass is 9.95. The first-order valence-electron chi connectivity index (χ1n) is 14.7. The van der Waals surface area contributed by atoms with Crippen LogP contribution in [0.3, 0.4) is 0 Å². The molecule has 7 nitrogen and oxygen atoms in total. The van der Waals surface area contributed by atoms with Crippen molar-refractivity contribution in [1.82, 2.24) is 10.2 Å². The monoisotopic (exact) mass is 609 g/mol. The fourth-order valence-corrected chi connectivity index (χ4v) is 7.02. The van der Waals surface area contributed by atoms with Gasteiger partial charge < -0.3 is 10.2 Å². The average molecular weight is 610 g/mol. The minimum absolute atomic E-state index is 0.0270. The van der Waals surface area contributed by atoms with Crippen LogP contribution in [0.25, 0.3) is 0 Å². The number of nitrogens with zero attached hydrogens (tertiary/aromatic N) is 2. The van der Waals surface area contributed by atoms with Crippen LogP contribution in [-0.2, 0) is 26.0 Å². The van der Waals surface area contributed by atoms with E-state index < -0.39 is 28.5 Å². The number of hydrogen-bond donors (Lipinski definition) is 1. The molecule has 3 aromatic carbocycles. The third-order valence-electron chi connectivity index (χ3n) is 7.79. The molecule has 0 aliphatic heterocycles. The predicted octanol–water partition coefficient (Wildman–Crippen LogP) is 6.14. The molecule has 0 unspecified atom stereocenters. The van der Waals surface area contributed by atoms with Crippen LogP contribution in [0.15, 0.2) is 83.8 Å². The van der Waals surface area contributed by atoms with Crippen molar-refractivity contribution in [2.45, 2.75) is 75.8 Å². The lowest BCUT2D eigenvalue weighted by Gasteiger charge is -2.34. The fraction of sp³-hybridized carbons (Fsp3) is 0.394. The second-order valence-electron chi connectivity index (χ2n) is 10.9. The summed E-state index contributed by atoms with van der Waals surface area (Å²) in [6.07, 6.45) is 6.13. The van der Waals surface area contributed by atoms with E-state index in [2.05, 4.69) is 5.32 Å². The fourth-order valence-electron chi connectivity index (χ4n) is 5.49. The van der Waals surface area contributed by atoms with E-state index in [9.17, 15) is 18.0 Å². The molecular formula is C33H40ClN3O4S. The molecule has 0 spiro atoms. The van der Waals surface area contributed by atoms with Crippen LogP contribution < -0.4 is 9.62 Å². The van der Waals surface area contributed by atoms with E-state index in [4.69, 9.17) is 11.6 Å². The first kappa shape index (κ1) is 31.6. The summed E-state index contributed by atoms with van der Waals surface area (Å²) >= 11 is 6.03. The number of benzene rings is 3. The summed E-state index contributed by atoms with van der Waals surface area (Å²) in [4.78, 5) is 29.4. The Labute approximate surface area is 254 Å². The Morgan fingerprint density at radius 3 is 2.29 bits per heavy atom. The molecule has 0 radical (unpaired) electrons. The van der Waals surface area contributed by atoms with Crippen LogP contribution in [0.4, 0.5) is 5.69 Å². The molecular weight excluding hydrogens is 570 g/mol. The maximum absolute atomic E-state index is 14.2. The quantitative estimate of drug-likeness (QED) is 0.267. The number of anilines is 1. The summed E-state index contributed by atoms with van der Waals surface area (Å²) in [5.74, 6) is -0.621. The smallest absolute Gasteiger partial charge is 0.264 e. The van der Waals surface area contributed by atoms with Gasteiger partial charge in [0.1, 0.15) is 12.6 Å². The summed E-state index contributed by atoms with van der Waals surface area (Å²) in [5.41, 5.74) is 2.26. The molecule has 1 N–H and O–H groups in total. The molecule has 9 heteroatoms. The first-order chi connectivity index (χ1) is 20.2. The summed E-state index contributed by atoms with van der Waals surface area (Å²) < 4.78 is 29.1. The van der Waals surface area contributed by atoms with Crippen molar-refractivity contribution >= 4 is 39.1 Å². The molecule has 0 aromatic heterocycles. The summed E-state index contributed by atoms with van der Waals surface area (Å²) in [5, 5.41) is 3.59. The van der Waals surface area contributed by atoms with E-state index in [1.54, 1.807) is 23.1 Å². The summed E-state index contributed by atoms with van der Waals surface area (Å²) in [7, 11) is -4.13. The molecule has 1 aliphatic carbocycles. The summed E-state index contributed by atoms with van der Waals surface area (Å²) in [6.45, 7) is 3.59. The van der Waals surface area contributed by atoms with Gasteiger partial charge in [-0.2, -0.15) is 0 Å². The molecule has 42 heavy (non-hydrogen) atoms. The zero-order valence-electron chi connectivity index (χ0n) is 24.3. The SMILES string of the molecule is CC[C@@H](C(=O)NC1CCCCC1)N(CCc1ccccc1)C(=O)CN(c1cccc(C)c1)S(=O)(=O)c1ccc(Cl)cc1. The van der Waals surface area contributed by atoms with Gasteiger partial charge in [-0.1, -0.05) is 80.3 Å². The van der Waals surface area contributed by atoms with Gasteiger partial charge in [-0.05, 0) is 80.1 Å². The molecule has 0 saturated heterocycles. The largest absolute Gasteiger partial charge is 0.352 e. The Balaban J connectivity index is 1.66. The minimum atomic E-state index is -4.13. The lowest BCUT2D eigenvalue weighted by Crippen LogP contribution is -2.54. The van der Waals surface area contributed by atoms with Gasteiger partial charge in [0, 0.05) is 17.6 Å². The third-order valence-corrected chi connectivity index (χ3v) is 9.83. The standard InChI is InChI=1S/C33H40ClN3O4S/c1-3-31(33(39)35-28-14-8-5-9-15-28)36(22-21-26-12-6-4-7-13-26)32(38)24-37(29-16-10-11-25(2)23-29)42(40,41)30-19-17-27(34)18-20-30/h4,6-7,10-13,16-20,23,28,31H,3,5,8-9,14-15,21-22,24H2,1-2H3,(H,35,39)/t31-/m0/s1. The molecule has 2 amide bonds. The van der Waals surface area contributed by atoms with Crippen LogP contribution in [0.5, 0.6) is 0 Å². The highest BCUT2D eigenvalue weighted by molar-refractivity contribution is 7.92. The number of sulfonamides is 1. The van der Waals surface area contributed by atoms with Gasteiger partial charge in [-0.3, -0.25) is 13.9 Å². The van der Waals surface area contributed by atoms with E-state index in [-0.39, 0.29) is 23.4 Å². The number of aryl methyl sites for hydroxylation is 1. The molecule has 0 bridgehead atoms. The van der Waals surface area contributed by atoms with E-state index in [1.807, 2.05) is 50.2 Å². The Bertz CT molecular complexity index is 1440. The van der Waals surface area contributed by atoms with Gasteiger partial charge in [0.2, 0.25) is 11.8 Å². The minimum Gasteiger partial charge on any atom is -0.352 e. The average Bonchev–Trinajstić information content (AvgIpc) is 2.99. The second kappa shape index (κ2) is 14.7. The van der Waals surface area contributed by atoms with E-state index in [1.165, 1.54) is 30.7 Å². The lowest BCUT2D eigenvalue weighted by molar-refractivity contribution is -0.140. The maximum Gasteiger partial charge on any atom is 0.264 e. The van der Waals surface area contributed by atoms with Crippen molar-refractivity contribution in [2.24, 2.45) is 0 Å². The zero-order valence-corrected chi connectivity index (χ0v) is 25.9. The summed E-state index contributed by atoms with van der Waals surface area (Å²) in [6, 6.07) is 22.1. The highest BCUT2D eigenvalue weighted by Crippen LogP contribution is 2.26. The van der Waals surface area contributed by atoms with E-state index in [0.29, 0.717) is 23.6 Å². The van der Waals surface area contributed by atoms with Crippen molar-refractivity contribution < 1.29 is 18.0 Å². The van der Waals surface area contributed by atoms with Crippen LogP contribution in [-0.4, -0.2) is 50.3 Å². The Hall–Kier alpha value is -3.36. The maximum atomic E-state index is 14.2. The number of hydrogen-bond acceptors (Lipinski definition) is 4. The van der Waals surface area contributed by atoms with E-state index >= 15 is 0 Å². The molecule has 1 aliphatic rings. The van der Waals surface area contributed by atoms with Crippen molar-refractivity contribution in [3.05, 3.63) is 95.0 Å². The highest BCUT2D eigenvalue weighted by Gasteiger charge is 2.34. The van der Waals surface area contributed by atoms with Crippen molar-refractivity contribution in [3.8, 4) is 0 Å². The predicted molar refractivity (Wildman–Crippen MR) is 168 cm³/mol. The van der Waals surface area contributed by atoms with E-state index in [0.717, 1.165) is 41.1 Å². The van der Waals surface area contributed by atoms with Gasteiger partial charge in [-0.15, -0.1) is 0 Å². The number of amides is 2. The van der Waals surface area contributed by atoms with Crippen LogP contribution in [0, 0.1) is 6.92 Å². The van der Waals surface area contributed by atoms with Crippen molar-refractivity contribution in [2.75, 3.05) is 17.4 Å². The molecule has 0 heterocycles. The van der Waals surface area contributed by atoms with Crippen LogP contribution in [0.2, 0.25) is 5.02 Å². The Morgan fingerprint density at radius 2 is 1.64 bits per heavy atom. The van der Waals surface area contributed by atoms with Crippen LogP contribution >= 0.6 is 11.6 Å². The highest BCUT2D eigenvalue weighted by atomic mass is 35.5. The Morgan fingerprint density at radius 1 is 0.952 bits per heavy atom. The van der Waals surface area contributed by atoms with Gasteiger partial charge in [0.05, 0.1) is 10.6 Å². The number of rotatable bonds is 12. The van der Waals surface area contributed by atoms with Gasteiger partial charge >= 0.3 is 0 Å². The Kier molecular flexibility index (Phi) is 11.0. The number of carbonyl (C=O) groups excluding carboxylic acids is 2. The first-order valence-corrected chi connectivity index (χ1v) is 16.5. The molecule has 3 aromatic rings. The third kappa shape index (κ3) is 8.13. The molecule has 1 saturated carbocycles. The van der Waals surface area contributed by atoms with Gasteiger partial charge in [-0.25, -0.2) is 8.42 Å². The molecule has 1 fully saturated rings. The van der Waals surface area contributed by atoms with Crippen molar-refractivity contribution in [1.29, 1.82) is 0 Å². The van der Waals surface area contributed by atoms with Gasteiger partial charge in [0.15, 0.2) is 0 Å². The van der Waals surface area contributed by atoms with Gasteiger partial charge in [0.25, 0.3) is 10.0 Å². The molecule has 4 rings (SSSR count).